The largest absolute Gasteiger partial charge is 0.386 e. The Morgan fingerprint density at radius 2 is 1.95 bits per heavy atom. The van der Waals surface area contributed by atoms with Crippen molar-refractivity contribution in [1.29, 1.82) is 0 Å². The highest BCUT2D eigenvalue weighted by atomic mass is 79.9. The van der Waals surface area contributed by atoms with Crippen LogP contribution in [0.4, 0.5) is 0 Å². The number of benzene rings is 1. The van der Waals surface area contributed by atoms with Gasteiger partial charge in [-0.1, -0.05) is 28.1 Å². The molecule has 0 radical (unpaired) electrons. The molecule has 100 valence electrons. The van der Waals surface area contributed by atoms with Gasteiger partial charge in [0, 0.05) is 10.5 Å². The van der Waals surface area contributed by atoms with Gasteiger partial charge < -0.3 is 10.0 Å². The topological polar surface area (TPSA) is 40.5 Å². The van der Waals surface area contributed by atoms with E-state index in [2.05, 4.69) is 15.9 Å². The summed E-state index contributed by atoms with van der Waals surface area (Å²) < 4.78 is 1.02. The molecular weight excluding hydrogens is 306 g/mol. The van der Waals surface area contributed by atoms with Crippen molar-refractivity contribution < 1.29 is 9.90 Å². The van der Waals surface area contributed by atoms with E-state index in [1.54, 1.807) is 11.0 Å². The van der Waals surface area contributed by atoms with Crippen LogP contribution in [0.1, 0.15) is 18.4 Å². The van der Waals surface area contributed by atoms with E-state index in [4.69, 9.17) is 0 Å². The van der Waals surface area contributed by atoms with Crippen molar-refractivity contribution in [1.82, 2.24) is 4.90 Å². The van der Waals surface area contributed by atoms with Crippen LogP contribution < -0.4 is 0 Å². The molecule has 0 bridgehead atoms. The minimum Gasteiger partial charge on any atom is -0.386 e. The van der Waals surface area contributed by atoms with Gasteiger partial charge in [0.15, 0.2) is 0 Å². The number of aliphatic hydroxyl groups is 1. The number of hydrogen-bond acceptors (Lipinski definition) is 2. The van der Waals surface area contributed by atoms with Gasteiger partial charge in [-0.2, -0.15) is 0 Å². The minimum absolute atomic E-state index is 0.0201. The molecule has 2 aliphatic rings. The lowest BCUT2D eigenvalue weighted by Crippen LogP contribution is -2.64. The van der Waals surface area contributed by atoms with E-state index in [1.807, 2.05) is 30.3 Å². The Morgan fingerprint density at radius 3 is 2.53 bits per heavy atom. The Bertz CT molecular complexity index is 513. The molecule has 4 heteroatoms. The number of nitrogens with zero attached hydrogens (tertiary/aromatic N) is 1. The number of β-amino-alcohol motifs (C(OH)–C–C–N with tert-alkyl or cyclic N) is 1. The van der Waals surface area contributed by atoms with Crippen molar-refractivity contribution in [2.24, 2.45) is 5.92 Å². The van der Waals surface area contributed by atoms with Gasteiger partial charge in [-0.15, -0.1) is 0 Å². The normalized spacial score (nSPS) is 21.5. The first-order valence-electron chi connectivity index (χ1n) is 6.52. The first kappa shape index (κ1) is 12.9. The van der Waals surface area contributed by atoms with Crippen LogP contribution in [-0.2, 0) is 4.79 Å². The Kier molecular flexibility index (Phi) is 3.23. The second-order valence-electron chi connectivity index (χ2n) is 5.46. The van der Waals surface area contributed by atoms with Crippen LogP contribution in [0.25, 0.3) is 6.08 Å². The first-order valence-corrected chi connectivity index (χ1v) is 7.31. The fourth-order valence-corrected chi connectivity index (χ4v) is 2.76. The maximum atomic E-state index is 11.9. The molecule has 1 saturated heterocycles. The van der Waals surface area contributed by atoms with Crippen molar-refractivity contribution in [2.75, 3.05) is 13.1 Å². The highest BCUT2D eigenvalue weighted by Crippen LogP contribution is 2.44. The average Bonchev–Trinajstić information content (AvgIpc) is 3.18. The molecule has 0 spiro atoms. The van der Waals surface area contributed by atoms with Crippen LogP contribution in [0, 0.1) is 5.92 Å². The molecule has 3 rings (SSSR count). The molecule has 0 unspecified atom stereocenters. The number of hydrogen-bond donors (Lipinski definition) is 1. The van der Waals surface area contributed by atoms with Crippen LogP contribution in [0.3, 0.4) is 0 Å². The summed E-state index contributed by atoms with van der Waals surface area (Å²) in [5, 5.41) is 10.2. The zero-order chi connectivity index (χ0) is 13.5. The number of carbonyl (C=O) groups is 1. The van der Waals surface area contributed by atoms with Gasteiger partial charge in [0.1, 0.15) is 5.60 Å². The number of carbonyl (C=O) groups excluding carboxylic acids is 1. The van der Waals surface area contributed by atoms with Gasteiger partial charge in [0.2, 0.25) is 5.91 Å². The highest BCUT2D eigenvalue weighted by molar-refractivity contribution is 9.10. The summed E-state index contributed by atoms with van der Waals surface area (Å²) in [6.07, 6.45) is 5.60. The summed E-state index contributed by atoms with van der Waals surface area (Å²) in [6.45, 7) is 0.975. The molecule has 0 aromatic heterocycles. The lowest BCUT2D eigenvalue weighted by molar-refractivity contribution is -0.154. The fourth-order valence-electron chi connectivity index (χ4n) is 2.50. The maximum absolute atomic E-state index is 11.9. The molecule has 1 amide bonds. The lowest BCUT2D eigenvalue weighted by Gasteiger charge is -2.46. The quantitative estimate of drug-likeness (QED) is 0.869. The number of rotatable bonds is 3. The van der Waals surface area contributed by atoms with E-state index in [0.29, 0.717) is 19.0 Å². The third kappa shape index (κ3) is 2.74. The zero-order valence-electron chi connectivity index (χ0n) is 10.6. The molecule has 1 aromatic carbocycles. The van der Waals surface area contributed by atoms with E-state index in [0.717, 1.165) is 22.9 Å². The molecule has 1 aliphatic carbocycles. The van der Waals surface area contributed by atoms with Crippen LogP contribution >= 0.6 is 15.9 Å². The third-order valence-electron chi connectivity index (χ3n) is 3.87. The predicted octanol–water partition coefficient (Wildman–Crippen LogP) is 2.45. The second-order valence-corrected chi connectivity index (χ2v) is 6.37. The number of halogens is 1. The molecule has 19 heavy (non-hydrogen) atoms. The van der Waals surface area contributed by atoms with Crippen LogP contribution in [0.15, 0.2) is 34.8 Å². The molecule has 1 saturated carbocycles. The Balaban J connectivity index is 1.56. The van der Waals surface area contributed by atoms with Gasteiger partial charge in [-0.25, -0.2) is 0 Å². The monoisotopic (exact) mass is 321 g/mol. The van der Waals surface area contributed by atoms with Gasteiger partial charge in [-0.3, -0.25) is 4.79 Å². The average molecular weight is 322 g/mol. The highest BCUT2D eigenvalue weighted by Gasteiger charge is 2.52. The van der Waals surface area contributed by atoms with Crippen molar-refractivity contribution in [3.63, 3.8) is 0 Å². The minimum atomic E-state index is -0.596. The predicted molar refractivity (Wildman–Crippen MR) is 77.4 cm³/mol. The molecule has 1 heterocycles. The standard InChI is InChI=1S/C15H16BrNO2/c16-13-6-1-11(2-7-13)3-8-14(18)17-9-15(19,10-17)12-4-5-12/h1-3,6-8,12,19H,4-5,9-10H2. The summed E-state index contributed by atoms with van der Waals surface area (Å²) in [6, 6.07) is 7.79. The van der Waals surface area contributed by atoms with E-state index in [1.165, 1.54) is 0 Å². The molecule has 1 aromatic rings. The van der Waals surface area contributed by atoms with Crippen molar-refractivity contribution in [3.05, 3.63) is 40.4 Å². The van der Waals surface area contributed by atoms with Crippen molar-refractivity contribution in [2.45, 2.75) is 18.4 Å². The Morgan fingerprint density at radius 1 is 1.32 bits per heavy atom. The van der Waals surface area contributed by atoms with Gasteiger partial charge in [-0.05, 0) is 42.5 Å². The second kappa shape index (κ2) is 4.76. The van der Waals surface area contributed by atoms with Crippen molar-refractivity contribution >= 4 is 27.9 Å². The maximum Gasteiger partial charge on any atom is 0.246 e. The van der Waals surface area contributed by atoms with E-state index < -0.39 is 5.60 Å². The van der Waals surface area contributed by atoms with Crippen LogP contribution in [-0.4, -0.2) is 34.6 Å². The molecule has 0 atom stereocenters. The molecule has 3 nitrogen and oxygen atoms in total. The summed E-state index contributed by atoms with van der Waals surface area (Å²) in [7, 11) is 0. The van der Waals surface area contributed by atoms with E-state index in [9.17, 15) is 9.90 Å². The van der Waals surface area contributed by atoms with Gasteiger partial charge in [0.05, 0.1) is 13.1 Å². The third-order valence-corrected chi connectivity index (χ3v) is 4.40. The molecule has 1 N–H and O–H groups in total. The number of likely N-dealkylation sites (tertiary alicyclic amines) is 1. The van der Waals surface area contributed by atoms with E-state index >= 15 is 0 Å². The Hall–Kier alpha value is -1.13. The summed E-state index contributed by atoms with van der Waals surface area (Å²) in [5.41, 5.74) is 0.399. The number of amides is 1. The summed E-state index contributed by atoms with van der Waals surface area (Å²) >= 11 is 3.37. The van der Waals surface area contributed by atoms with Crippen LogP contribution in [0.2, 0.25) is 0 Å². The van der Waals surface area contributed by atoms with Crippen LogP contribution in [0.5, 0.6) is 0 Å². The SMILES string of the molecule is O=C(C=Cc1ccc(Br)cc1)N1CC(O)(C2CC2)C1. The smallest absolute Gasteiger partial charge is 0.246 e. The molecule has 1 aliphatic heterocycles. The molecule has 2 fully saturated rings. The summed E-state index contributed by atoms with van der Waals surface area (Å²) in [5.74, 6) is 0.403. The lowest BCUT2D eigenvalue weighted by atomic mass is 9.88. The van der Waals surface area contributed by atoms with Gasteiger partial charge in [0.25, 0.3) is 0 Å². The first-order chi connectivity index (χ1) is 9.07. The zero-order valence-corrected chi connectivity index (χ0v) is 12.1. The van der Waals surface area contributed by atoms with Gasteiger partial charge >= 0.3 is 0 Å². The Labute approximate surface area is 121 Å². The summed E-state index contributed by atoms with van der Waals surface area (Å²) in [4.78, 5) is 13.6. The van der Waals surface area contributed by atoms with Crippen molar-refractivity contribution in [3.8, 4) is 0 Å². The fraction of sp³-hybridized carbons (Fsp3) is 0.400. The van der Waals surface area contributed by atoms with E-state index in [-0.39, 0.29) is 5.91 Å². The molecular formula is C15H16BrNO2.